The van der Waals surface area contributed by atoms with Crippen molar-refractivity contribution in [1.82, 2.24) is 0 Å². The number of carboxylic acid groups (broad SMARTS) is 3. The summed E-state index contributed by atoms with van der Waals surface area (Å²) in [6.45, 7) is 0. The second-order valence-electron chi connectivity index (χ2n) is 1.82. The van der Waals surface area contributed by atoms with Crippen LogP contribution >= 0.6 is 0 Å². The van der Waals surface area contributed by atoms with Gasteiger partial charge in [0.2, 0.25) is 0 Å². The summed E-state index contributed by atoms with van der Waals surface area (Å²) in [6, 6.07) is 0. The van der Waals surface area contributed by atoms with E-state index in [0.717, 1.165) is 0 Å². The Kier molecular flexibility index (Phi) is 8.47. The maximum absolute atomic E-state index is 10.0. The van der Waals surface area contributed by atoms with Gasteiger partial charge in [0.25, 0.3) is 0 Å². The zero-order valence-corrected chi connectivity index (χ0v) is 9.86. The molecule has 0 atom stereocenters. The van der Waals surface area contributed by atoms with Gasteiger partial charge < -0.3 is 29.7 Å². The van der Waals surface area contributed by atoms with Gasteiger partial charge in [0.05, 0.1) is 11.9 Å². The molecule has 0 saturated heterocycles. The molecule has 0 amide bonds. The molecule has 7 heteroatoms. The summed E-state index contributed by atoms with van der Waals surface area (Å²) in [5, 5.41) is 29.7. The number of carbonyl (C=O) groups is 3. The van der Waals surface area contributed by atoms with Crippen molar-refractivity contribution >= 4 is 17.9 Å². The Labute approximate surface area is 119 Å². The first-order valence-corrected chi connectivity index (χ1v) is 2.76. The van der Waals surface area contributed by atoms with E-state index in [0.29, 0.717) is 0 Å². The second-order valence-corrected chi connectivity index (χ2v) is 1.82. The summed E-state index contributed by atoms with van der Waals surface area (Å²) < 4.78 is 0. The van der Waals surface area contributed by atoms with E-state index in [2.05, 4.69) is 0 Å². The average molecular weight is 212 g/mol. The summed E-state index contributed by atoms with van der Waals surface area (Å²) in [6.07, 6.45) is -0.874. The molecule has 0 N–H and O–H groups in total. The Balaban J connectivity index is -0.000000202. The number of carbonyl (C=O) groups excluding carboxylic acids is 3. The van der Waals surface area contributed by atoms with Crippen LogP contribution in [0.2, 0.25) is 0 Å². The number of hydrogen-bond acceptors (Lipinski definition) is 6. The van der Waals surface area contributed by atoms with Gasteiger partial charge in [-0.25, -0.2) is 0 Å². The predicted octanol–water partition coefficient (Wildman–Crippen LogP) is -7.22. The van der Waals surface area contributed by atoms with Crippen LogP contribution in [0.1, 0.15) is 9.27 Å². The second kappa shape index (κ2) is 7.21. The van der Waals surface area contributed by atoms with Gasteiger partial charge in [-0.1, -0.05) is 0 Å². The van der Waals surface area contributed by atoms with Gasteiger partial charge in [0, 0.05) is 12.4 Å². The minimum atomic E-state index is -1.87. The fourth-order valence-corrected chi connectivity index (χ4v) is 0.480. The minimum Gasteiger partial charge on any atom is -0.550 e. The monoisotopic (exact) mass is 212 g/mol. The van der Waals surface area contributed by atoms with Crippen molar-refractivity contribution in [3.05, 3.63) is 11.6 Å². The van der Waals surface area contributed by atoms with Crippen LogP contribution in [0.5, 0.6) is 0 Å². The molecular formula is C6H5KO6. The number of hydrogen-bond donors (Lipinski definition) is 0. The zero-order chi connectivity index (χ0) is 9.72. The van der Waals surface area contributed by atoms with Crippen LogP contribution in [0.25, 0.3) is 0 Å². The molecule has 0 aromatic rings. The quantitative estimate of drug-likeness (QED) is 0.337. The molecule has 13 heavy (non-hydrogen) atoms. The van der Waals surface area contributed by atoms with E-state index < -0.39 is 29.9 Å². The number of aliphatic carboxylic acids is 3. The molecule has 0 aliphatic rings. The van der Waals surface area contributed by atoms with Crippen LogP contribution in [0.15, 0.2) is 11.6 Å². The van der Waals surface area contributed by atoms with Crippen molar-refractivity contribution < 1.29 is 83.9 Å². The molecule has 66 valence electrons. The van der Waals surface area contributed by atoms with Crippen LogP contribution in [0.4, 0.5) is 0 Å². The van der Waals surface area contributed by atoms with Crippen LogP contribution in [0, 0.1) is 0 Å². The van der Waals surface area contributed by atoms with E-state index in [1.54, 1.807) is 0 Å². The van der Waals surface area contributed by atoms with Gasteiger partial charge >= 0.3 is 54.2 Å². The molecule has 0 aromatic carbocycles. The van der Waals surface area contributed by atoms with E-state index in [1.807, 2.05) is 0 Å². The largest absolute Gasteiger partial charge is 1.00 e. The Bertz CT molecular complexity index is 264. The molecule has 0 fully saturated rings. The molecule has 0 radical (unpaired) electrons. The van der Waals surface area contributed by atoms with Crippen LogP contribution in [0.3, 0.4) is 0 Å². The first-order valence-electron chi connectivity index (χ1n) is 2.76. The molecular weight excluding hydrogens is 207 g/mol. The molecule has 0 spiro atoms. The summed E-state index contributed by atoms with van der Waals surface area (Å²) in [5.74, 6) is -5.37. The average Bonchev–Trinajstić information content (AvgIpc) is 1.83. The molecule has 0 aliphatic carbocycles. The van der Waals surface area contributed by atoms with Crippen LogP contribution in [-0.4, -0.2) is 17.9 Å². The normalized spacial score (nSPS) is 10.0. The van der Waals surface area contributed by atoms with Crippen molar-refractivity contribution in [3.8, 4) is 0 Å². The summed E-state index contributed by atoms with van der Waals surface area (Å²) in [4.78, 5) is 29.7. The Morgan fingerprint density at radius 3 is 1.85 bits per heavy atom. The molecule has 0 aromatic heterocycles. The fourth-order valence-electron chi connectivity index (χ4n) is 0.480. The summed E-state index contributed by atoms with van der Waals surface area (Å²) >= 11 is 0. The van der Waals surface area contributed by atoms with Gasteiger partial charge in [-0.15, -0.1) is 0 Å². The third-order valence-corrected chi connectivity index (χ3v) is 0.889. The molecule has 6 nitrogen and oxygen atoms in total. The van der Waals surface area contributed by atoms with Crippen LogP contribution < -0.4 is 66.7 Å². The number of rotatable bonds is 4. The number of carboxylic acids is 3. The molecule has 0 unspecified atom stereocenters. The maximum Gasteiger partial charge on any atom is 1.00 e. The van der Waals surface area contributed by atoms with E-state index in [4.69, 9.17) is 0 Å². The third kappa shape index (κ3) is 8.13. The first-order chi connectivity index (χ1) is 5.43. The molecule has 0 rings (SSSR count). The third-order valence-electron chi connectivity index (χ3n) is 0.889. The summed E-state index contributed by atoms with van der Waals surface area (Å²) in [5.41, 5.74) is -0.894. The predicted molar refractivity (Wildman–Crippen MR) is 29.9 cm³/mol. The Hall–Kier alpha value is -0.214. The van der Waals surface area contributed by atoms with Crippen molar-refractivity contribution in [2.75, 3.05) is 0 Å². The van der Waals surface area contributed by atoms with Crippen molar-refractivity contribution in [3.63, 3.8) is 0 Å². The van der Waals surface area contributed by atoms with E-state index in [1.165, 1.54) is 0 Å². The van der Waals surface area contributed by atoms with Crippen molar-refractivity contribution in [1.29, 1.82) is 0 Å². The maximum atomic E-state index is 10.0. The van der Waals surface area contributed by atoms with E-state index >= 15 is 0 Å². The van der Waals surface area contributed by atoms with E-state index in [-0.39, 0.29) is 60.3 Å². The van der Waals surface area contributed by atoms with Gasteiger partial charge in [-0.2, -0.15) is 0 Å². The molecule has 0 heterocycles. The van der Waals surface area contributed by atoms with E-state index in [9.17, 15) is 29.7 Å². The molecule has 0 aliphatic heterocycles. The SMILES string of the molecule is O=C([O-])/C=C(\CC(=O)[O-])C(=O)[O-].[H+].[H+].[K+]. The topological polar surface area (TPSA) is 120 Å². The minimum absolute atomic E-state index is 0. The van der Waals surface area contributed by atoms with Crippen molar-refractivity contribution in [2.24, 2.45) is 0 Å². The zero-order valence-electron chi connectivity index (χ0n) is 8.73. The first kappa shape index (κ1) is 15.3. The van der Waals surface area contributed by atoms with Crippen molar-refractivity contribution in [2.45, 2.75) is 6.42 Å². The van der Waals surface area contributed by atoms with Gasteiger partial charge in [0.15, 0.2) is 0 Å². The Morgan fingerprint density at radius 1 is 1.15 bits per heavy atom. The van der Waals surface area contributed by atoms with Gasteiger partial charge in [-0.3, -0.25) is 0 Å². The standard InChI is InChI=1S/C6H6O6.K/c7-4(8)1-3(6(11)12)2-5(9)10;/h1H,2H2,(H,7,8)(H,9,10)(H,11,12);/q;+1/p-1/b3-1+;. The molecule has 0 saturated carbocycles. The Morgan fingerprint density at radius 2 is 1.62 bits per heavy atom. The fraction of sp³-hybridized carbons (Fsp3) is 0.167. The molecule has 0 bridgehead atoms. The van der Waals surface area contributed by atoms with Gasteiger partial charge in [-0.05, 0) is 11.6 Å². The van der Waals surface area contributed by atoms with Crippen LogP contribution in [-0.2, 0) is 14.4 Å². The summed E-state index contributed by atoms with van der Waals surface area (Å²) in [7, 11) is 0. The van der Waals surface area contributed by atoms with Gasteiger partial charge in [0.1, 0.15) is 0 Å². The smallest absolute Gasteiger partial charge is 0.550 e.